The molecule has 0 fully saturated rings. The van der Waals surface area contributed by atoms with Gasteiger partial charge in [-0.2, -0.15) is 0 Å². The van der Waals surface area contributed by atoms with Gasteiger partial charge in [0.25, 0.3) is 0 Å². The lowest BCUT2D eigenvalue weighted by Crippen LogP contribution is -2.61. The Morgan fingerprint density at radius 3 is 1.43 bits per heavy atom. The Hall–Kier alpha value is -4.67. The zero-order valence-electron chi connectivity index (χ0n) is 25.6. The van der Waals surface area contributed by atoms with Crippen molar-refractivity contribution in [3.63, 3.8) is 0 Å². The van der Waals surface area contributed by atoms with E-state index in [0.717, 1.165) is 12.6 Å². The Morgan fingerprint density at radius 1 is 0.614 bits per heavy atom. The van der Waals surface area contributed by atoms with E-state index in [-0.39, 0.29) is 0 Å². The van der Waals surface area contributed by atoms with E-state index in [1.807, 2.05) is 12.5 Å². The zero-order chi connectivity index (χ0) is 30.3. The van der Waals surface area contributed by atoms with Gasteiger partial charge in [-0.05, 0) is 19.4 Å². The van der Waals surface area contributed by atoms with Gasteiger partial charge in [-0.15, -0.1) is 0 Å². The molecule has 0 aliphatic heterocycles. The van der Waals surface area contributed by atoms with Crippen LogP contribution in [0.1, 0.15) is 19.8 Å². The number of hydrogen-bond donors (Lipinski definition) is 0. The minimum absolute atomic E-state index is 0.309. The van der Waals surface area contributed by atoms with Gasteiger partial charge < -0.3 is 4.57 Å². The molecule has 0 N–H and O–H groups in total. The number of nitrogens with zero attached hydrogens (tertiary/aromatic N) is 2. The summed E-state index contributed by atoms with van der Waals surface area (Å²) in [6, 6.07) is 55.5. The fourth-order valence-electron chi connectivity index (χ4n) is 6.13. The Morgan fingerprint density at radius 2 is 1.05 bits per heavy atom. The summed E-state index contributed by atoms with van der Waals surface area (Å²) in [6.07, 6.45) is 13.8. The fraction of sp³-hybridized carbons (Fsp3) is 0.125. The predicted molar refractivity (Wildman–Crippen MR) is 193 cm³/mol. The van der Waals surface area contributed by atoms with Crippen LogP contribution < -0.4 is 26.8 Å². The number of rotatable bonds is 11. The molecule has 1 heterocycles. The third-order valence-electron chi connectivity index (χ3n) is 8.27. The summed E-state index contributed by atoms with van der Waals surface area (Å²) in [7, 11) is -1.91. The standard InChI is InChI=1S/C22H26N2Si.C18H15B/c1-2-3-4-11-18-25(20-24-17-16-23-19-24,21-12-7-5-8-13-21)22-14-9-6-10-15-22;1-4-10-16(11-5-1)19(17-12-6-2-7-13-17)18-14-8-3-9-15-18/h2-3,5-10,12-17,19H,4,11,18,20H2,1H3;1-15H. The molecule has 0 amide bonds. The van der Waals surface area contributed by atoms with Gasteiger partial charge in [-0.3, -0.25) is 0 Å². The molecule has 6 aromatic rings. The van der Waals surface area contributed by atoms with Gasteiger partial charge in [0, 0.05) is 18.6 Å². The molecule has 0 bridgehead atoms. The first-order valence-electron chi connectivity index (χ1n) is 15.6. The highest BCUT2D eigenvalue weighted by atomic mass is 28.3. The molecule has 0 saturated heterocycles. The molecule has 0 atom stereocenters. The summed E-state index contributed by atoms with van der Waals surface area (Å²) >= 11 is 0. The molecule has 5 aromatic carbocycles. The fourth-order valence-corrected chi connectivity index (χ4v) is 10.8. The number of hydrogen-bond acceptors (Lipinski definition) is 1. The Bertz CT molecular complexity index is 1510. The maximum atomic E-state index is 4.28. The average molecular weight is 589 g/mol. The van der Waals surface area contributed by atoms with E-state index >= 15 is 0 Å². The van der Waals surface area contributed by atoms with Crippen LogP contribution in [0.3, 0.4) is 0 Å². The van der Waals surface area contributed by atoms with Crippen molar-refractivity contribution in [3.05, 3.63) is 183 Å². The van der Waals surface area contributed by atoms with E-state index in [1.165, 1.54) is 39.2 Å². The van der Waals surface area contributed by atoms with Crippen LogP contribution in [0.4, 0.5) is 0 Å². The molecule has 2 nitrogen and oxygen atoms in total. The quantitative estimate of drug-likeness (QED) is 0.0995. The predicted octanol–water partition coefficient (Wildman–Crippen LogP) is 6.24. The molecule has 0 aliphatic rings. The summed E-state index contributed by atoms with van der Waals surface area (Å²) in [6.45, 7) is 2.41. The smallest absolute Gasteiger partial charge is 0.241 e. The lowest BCUT2D eigenvalue weighted by atomic mass is 9.37. The lowest BCUT2D eigenvalue weighted by Gasteiger charge is -2.33. The molecule has 44 heavy (non-hydrogen) atoms. The molecule has 0 spiro atoms. The minimum atomic E-state index is -1.91. The number of allylic oxidation sites excluding steroid dienone is 2. The molecule has 6 rings (SSSR count). The van der Waals surface area contributed by atoms with Crippen molar-refractivity contribution in [2.24, 2.45) is 0 Å². The van der Waals surface area contributed by atoms with Crippen molar-refractivity contribution in [2.45, 2.75) is 32.0 Å². The van der Waals surface area contributed by atoms with E-state index in [4.69, 9.17) is 0 Å². The van der Waals surface area contributed by atoms with E-state index in [1.54, 1.807) is 0 Å². The maximum Gasteiger partial charge on any atom is 0.241 e. The minimum Gasteiger partial charge on any atom is -0.340 e. The maximum absolute atomic E-state index is 4.28. The van der Waals surface area contributed by atoms with Crippen LogP contribution in [0.25, 0.3) is 0 Å². The van der Waals surface area contributed by atoms with Crippen molar-refractivity contribution >= 4 is 41.5 Å². The summed E-state index contributed by atoms with van der Waals surface area (Å²) in [5.41, 5.74) is 4.00. The van der Waals surface area contributed by atoms with E-state index in [0.29, 0.717) is 6.71 Å². The first-order chi connectivity index (χ1) is 21.8. The highest BCUT2D eigenvalue weighted by Gasteiger charge is 2.37. The first-order valence-corrected chi connectivity index (χ1v) is 18.0. The summed E-state index contributed by atoms with van der Waals surface area (Å²) in [5.74, 6) is 0. The highest BCUT2D eigenvalue weighted by Crippen LogP contribution is 2.18. The van der Waals surface area contributed by atoms with Crippen LogP contribution in [0.5, 0.6) is 0 Å². The molecule has 1 aromatic heterocycles. The van der Waals surface area contributed by atoms with Crippen molar-refractivity contribution in [2.75, 3.05) is 0 Å². The topological polar surface area (TPSA) is 17.8 Å². The third kappa shape index (κ3) is 8.03. The monoisotopic (exact) mass is 588 g/mol. The second-order valence-electron chi connectivity index (χ2n) is 11.2. The highest BCUT2D eigenvalue weighted by molar-refractivity contribution is 7.01. The van der Waals surface area contributed by atoms with Crippen LogP contribution >= 0.6 is 0 Å². The first kappa shape index (κ1) is 30.8. The zero-order valence-corrected chi connectivity index (χ0v) is 26.6. The number of benzene rings is 5. The van der Waals surface area contributed by atoms with Crippen LogP contribution in [0, 0.1) is 0 Å². The Balaban J connectivity index is 0.000000181. The van der Waals surface area contributed by atoms with Crippen molar-refractivity contribution in [1.82, 2.24) is 9.55 Å². The SMILES string of the molecule is CC=CCCC[Si](Cn1ccnc1)(c1ccccc1)c1ccccc1.c1ccc(B(c2ccccc2)c2ccccc2)cc1. The Labute approximate surface area is 264 Å². The second-order valence-corrected chi connectivity index (χ2v) is 15.3. The molecule has 0 unspecified atom stereocenters. The van der Waals surface area contributed by atoms with Gasteiger partial charge >= 0.3 is 0 Å². The molecule has 0 saturated carbocycles. The summed E-state index contributed by atoms with van der Waals surface area (Å²) in [5, 5.41) is 3.02. The number of unbranched alkanes of at least 4 members (excludes halogenated alkanes) is 1. The van der Waals surface area contributed by atoms with Crippen LogP contribution in [-0.2, 0) is 6.17 Å². The van der Waals surface area contributed by atoms with E-state index in [2.05, 4.69) is 186 Å². The number of aromatic nitrogens is 2. The molecule has 0 radical (unpaired) electrons. The Kier molecular flexibility index (Phi) is 11.4. The number of imidazole rings is 1. The van der Waals surface area contributed by atoms with E-state index < -0.39 is 8.07 Å². The lowest BCUT2D eigenvalue weighted by molar-refractivity contribution is 0.834. The van der Waals surface area contributed by atoms with Gasteiger partial charge in [0.15, 0.2) is 0 Å². The van der Waals surface area contributed by atoms with Gasteiger partial charge in [0.1, 0.15) is 8.07 Å². The molecular weight excluding hydrogens is 547 g/mol. The molecular formula is C40H41BN2Si. The average Bonchev–Trinajstić information content (AvgIpc) is 3.62. The van der Waals surface area contributed by atoms with Gasteiger partial charge in [-0.25, -0.2) is 4.98 Å². The molecule has 4 heteroatoms. The van der Waals surface area contributed by atoms with Gasteiger partial charge in [0.05, 0.1) is 6.33 Å². The molecule has 0 aliphatic carbocycles. The second kappa shape index (κ2) is 16.3. The largest absolute Gasteiger partial charge is 0.340 e. The molecule has 218 valence electrons. The van der Waals surface area contributed by atoms with Crippen LogP contribution in [0.2, 0.25) is 6.04 Å². The van der Waals surface area contributed by atoms with Crippen molar-refractivity contribution in [3.8, 4) is 0 Å². The van der Waals surface area contributed by atoms with Gasteiger partial charge in [-0.1, -0.05) is 197 Å². The third-order valence-corrected chi connectivity index (χ3v) is 13.3. The summed E-state index contributed by atoms with van der Waals surface area (Å²) < 4.78 is 2.27. The van der Waals surface area contributed by atoms with E-state index in [9.17, 15) is 0 Å². The summed E-state index contributed by atoms with van der Waals surface area (Å²) in [4.78, 5) is 4.28. The normalized spacial score (nSPS) is 11.1. The van der Waals surface area contributed by atoms with Crippen LogP contribution in [-0.4, -0.2) is 24.3 Å². The van der Waals surface area contributed by atoms with Crippen LogP contribution in [0.15, 0.2) is 183 Å². The van der Waals surface area contributed by atoms with Crippen molar-refractivity contribution < 1.29 is 0 Å². The van der Waals surface area contributed by atoms with Crippen molar-refractivity contribution in [1.29, 1.82) is 0 Å². The van der Waals surface area contributed by atoms with Gasteiger partial charge in [0.2, 0.25) is 6.71 Å².